The van der Waals surface area contributed by atoms with Crippen LogP contribution in [-0.4, -0.2) is 11.9 Å². The second-order valence-electron chi connectivity index (χ2n) is 3.58. The van der Waals surface area contributed by atoms with E-state index in [0.29, 0.717) is 6.42 Å². The Labute approximate surface area is 99.0 Å². The summed E-state index contributed by atoms with van der Waals surface area (Å²) in [6.07, 6.45) is 6.61. The molecule has 1 amide bonds. The molecule has 4 heteroatoms. The van der Waals surface area contributed by atoms with E-state index in [0.717, 1.165) is 12.5 Å². The topological polar surface area (TPSA) is 29.1 Å². The highest BCUT2D eigenvalue weighted by atomic mass is 19.2. The quantitative estimate of drug-likeness (QED) is 0.801. The molecule has 1 aromatic rings. The molecule has 0 aliphatic heterocycles. The van der Waals surface area contributed by atoms with Gasteiger partial charge >= 0.3 is 0 Å². The molecule has 0 aliphatic carbocycles. The lowest BCUT2D eigenvalue weighted by Gasteiger charge is -2.12. The van der Waals surface area contributed by atoms with Gasteiger partial charge in [0.25, 0.3) is 5.91 Å². The molecule has 1 atom stereocenters. The summed E-state index contributed by atoms with van der Waals surface area (Å²) in [6.45, 7) is 1.92. The fourth-order valence-electron chi connectivity index (χ4n) is 1.40. The maximum absolute atomic E-state index is 13.3. The van der Waals surface area contributed by atoms with Gasteiger partial charge in [0.2, 0.25) is 0 Å². The number of rotatable bonds is 4. The minimum absolute atomic E-state index is 0.332. The summed E-state index contributed by atoms with van der Waals surface area (Å²) in [5.74, 6) is -0.512. The van der Waals surface area contributed by atoms with Crippen molar-refractivity contribution in [2.45, 2.75) is 25.8 Å². The van der Waals surface area contributed by atoms with Crippen molar-refractivity contribution in [1.29, 1.82) is 0 Å². The third-order valence-electron chi connectivity index (χ3n) is 2.28. The van der Waals surface area contributed by atoms with Crippen molar-refractivity contribution >= 4 is 5.91 Å². The Kier molecular flexibility index (Phi) is 4.65. The number of benzene rings is 1. The lowest BCUT2D eigenvalue weighted by molar-refractivity contribution is 0.0939. The average molecular weight is 237 g/mol. The largest absolute Gasteiger partial charge is 0.338 e. The van der Waals surface area contributed by atoms with Gasteiger partial charge in [-0.15, -0.1) is 6.42 Å². The fourth-order valence-corrected chi connectivity index (χ4v) is 1.40. The monoisotopic (exact) mass is 237 g/mol. The molecule has 1 rings (SSSR count). The number of carbonyl (C=O) groups is 1. The van der Waals surface area contributed by atoms with Crippen LogP contribution in [0.2, 0.25) is 0 Å². The van der Waals surface area contributed by atoms with Crippen LogP contribution in [-0.2, 0) is 0 Å². The molecule has 0 saturated carbocycles. The van der Waals surface area contributed by atoms with Crippen LogP contribution in [0.25, 0.3) is 0 Å². The summed E-state index contributed by atoms with van der Waals surface area (Å²) in [4.78, 5) is 11.6. The maximum atomic E-state index is 13.3. The molecule has 0 spiro atoms. The van der Waals surface area contributed by atoms with Crippen LogP contribution in [0.5, 0.6) is 0 Å². The number of nitrogens with one attached hydrogen (secondary N) is 1. The summed E-state index contributed by atoms with van der Waals surface area (Å²) in [7, 11) is 0. The molecule has 0 radical (unpaired) electrons. The van der Waals surface area contributed by atoms with E-state index in [2.05, 4.69) is 11.2 Å². The molecule has 2 nitrogen and oxygen atoms in total. The minimum atomic E-state index is -1.16. The van der Waals surface area contributed by atoms with Gasteiger partial charge in [-0.1, -0.05) is 25.3 Å². The number of halogens is 2. The maximum Gasteiger partial charge on any atom is 0.255 e. The zero-order valence-electron chi connectivity index (χ0n) is 9.47. The van der Waals surface area contributed by atoms with Gasteiger partial charge in [0.05, 0.1) is 11.6 Å². The molecule has 0 bridgehead atoms. The van der Waals surface area contributed by atoms with E-state index in [9.17, 15) is 13.6 Å². The van der Waals surface area contributed by atoms with Crippen molar-refractivity contribution in [3.63, 3.8) is 0 Å². The highest BCUT2D eigenvalue weighted by Gasteiger charge is 2.17. The summed E-state index contributed by atoms with van der Waals surface area (Å²) < 4.78 is 26.2. The van der Waals surface area contributed by atoms with Gasteiger partial charge in [-0.25, -0.2) is 8.78 Å². The number of hydrogen-bond donors (Lipinski definition) is 1. The number of hydrogen-bond acceptors (Lipinski definition) is 1. The van der Waals surface area contributed by atoms with Crippen molar-refractivity contribution in [2.75, 3.05) is 0 Å². The number of carbonyl (C=O) groups excluding carboxylic acids is 1. The van der Waals surface area contributed by atoms with E-state index in [1.165, 1.54) is 12.1 Å². The minimum Gasteiger partial charge on any atom is -0.338 e. The van der Waals surface area contributed by atoms with Crippen LogP contribution in [0.4, 0.5) is 8.78 Å². The lowest BCUT2D eigenvalue weighted by Crippen LogP contribution is -2.34. The molecule has 90 valence electrons. The Hall–Kier alpha value is -1.89. The standard InChI is InChI=1S/C13H13F2NO/c1-3-6-9(4-2)16-13(17)10-7-5-8-11(14)12(10)15/h2,5,7-9H,3,6H2,1H3,(H,16,17). The van der Waals surface area contributed by atoms with Gasteiger partial charge in [0, 0.05) is 0 Å². The Morgan fingerprint density at radius 3 is 2.82 bits per heavy atom. The van der Waals surface area contributed by atoms with Gasteiger partial charge in [0.1, 0.15) is 0 Å². The Morgan fingerprint density at radius 2 is 2.24 bits per heavy atom. The van der Waals surface area contributed by atoms with Crippen LogP contribution < -0.4 is 5.32 Å². The van der Waals surface area contributed by atoms with Crippen molar-refractivity contribution in [3.8, 4) is 12.3 Å². The van der Waals surface area contributed by atoms with Crippen molar-refractivity contribution in [3.05, 3.63) is 35.4 Å². The first kappa shape index (κ1) is 13.2. The Morgan fingerprint density at radius 1 is 1.53 bits per heavy atom. The predicted molar refractivity (Wildman–Crippen MR) is 61.4 cm³/mol. The fraction of sp³-hybridized carbons (Fsp3) is 0.308. The van der Waals surface area contributed by atoms with Crippen LogP contribution in [0.3, 0.4) is 0 Å². The summed E-state index contributed by atoms with van der Waals surface area (Å²) >= 11 is 0. The molecule has 0 aromatic heterocycles. The van der Waals surface area contributed by atoms with Gasteiger partial charge in [-0.3, -0.25) is 4.79 Å². The summed E-state index contributed by atoms with van der Waals surface area (Å²) in [5.41, 5.74) is -0.332. The van der Waals surface area contributed by atoms with Crippen LogP contribution in [0, 0.1) is 24.0 Å². The smallest absolute Gasteiger partial charge is 0.255 e. The van der Waals surface area contributed by atoms with E-state index < -0.39 is 23.6 Å². The van der Waals surface area contributed by atoms with E-state index >= 15 is 0 Å². The SMILES string of the molecule is C#CC(CCC)NC(=O)c1cccc(F)c1F. The lowest BCUT2D eigenvalue weighted by atomic mass is 10.1. The number of amides is 1. The van der Waals surface area contributed by atoms with Gasteiger partial charge in [-0.05, 0) is 18.6 Å². The van der Waals surface area contributed by atoms with E-state index in [1.54, 1.807) is 0 Å². The van der Waals surface area contributed by atoms with E-state index in [1.807, 2.05) is 6.92 Å². The first-order chi connectivity index (χ1) is 8.10. The Balaban J connectivity index is 2.83. The molecule has 0 aliphatic rings. The van der Waals surface area contributed by atoms with E-state index in [4.69, 9.17) is 6.42 Å². The second-order valence-corrected chi connectivity index (χ2v) is 3.58. The van der Waals surface area contributed by atoms with Gasteiger partial charge < -0.3 is 5.32 Å². The molecule has 0 saturated heterocycles. The van der Waals surface area contributed by atoms with E-state index in [-0.39, 0.29) is 5.56 Å². The highest BCUT2D eigenvalue weighted by Crippen LogP contribution is 2.11. The molecule has 1 aromatic carbocycles. The number of terminal acetylenes is 1. The Bertz CT molecular complexity index is 451. The third kappa shape index (κ3) is 3.28. The van der Waals surface area contributed by atoms with Gasteiger partial charge in [-0.2, -0.15) is 0 Å². The third-order valence-corrected chi connectivity index (χ3v) is 2.28. The highest BCUT2D eigenvalue weighted by molar-refractivity contribution is 5.94. The van der Waals surface area contributed by atoms with Crippen LogP contribution >= 0.6 is 0 Å². The summed E-state index contributed by atoms with van der Waals surface area (Å²) in [5, 5.41) is 2.47. The molecular weight excluding hydrogens is 224 g/mol. The molecule has 17 heavy (non-hydrogen) atoms. The molecule has 1 unspecified atom stereocenters. The first-order valence-electron chi connectivity index (χ1n) is 5.31. The van der Waals surface area contributed by atoms with Crippen molar-refractivity contribution in [2.24, 2.45) is 0 Å². The van der Waals surface area contributed by atoms with Crippen molar-refractivity contribution < 1.29 is 13.6 Å². The summed E-state index contributed by atoms with van der Waals surface area (Å²) in [6, 6.07) is 2.98. The normalized spacial score (nSPS) is 11.6. The first-order valence-corrected chi connectivity index (χ1v) is 5.31. The van der Waals surface area contributed by atoms with Crippen LogP contribution in [0.1, 0.15) is 30.1 Å². The molecular formula is C13H13F2NO. The zero-order chi connectivity index (χ0) is 12.8. The molecule has 1 N–H and O–H groups in total. The predicted octanol–water partition coefficient (Wildman–Crippen LogP) is 2.50. The average Bonchev–Trinajstić information content (AvgIpc) is 2.31. The second kappa shape index (κ2) is 6.00. The zero-order valence-corrected chi connectivity index (χ0v) is 9.47. The molecule has 0 fully saturated rings. The molecule has 0 heterocycles. The van der Waals surface area contributed by atoms with Gasteiger partial charge in [0.15, 0.2) is 11.6 Å². The van der Waals surface area contributed by atoms with Crippen LogP contribution in [0.15, 0.2) is 18.2 Å². The van der Waals surface area contributed by atoms with Crippen molar-refractivity contribution in [1.82, 2.24) is 5.32 Å².